The number of methoxy groups -OCH3 is 1. The molecule has 6 heteroatoms. The number of hydrogen-bond acceptors (Lipinski definition) is 5. The fourth-order valence-corrected chi connectivity index (χ4v) is 2.02. The third-order valence-electron chi connectivity index (χ3n) is 3.03. The van der Waals surface area contributed by atoms with Crippen LogP contribution in [0.2, 0.25) is 0 Å². The molecule has 0 saturated carbocycles. The number of ether oxygens (including phenoxy) is 2. The molecule has 0 aliphatic heterocycles. The maximum atomic E-state index is 11.7. The van der Waals surface area contributed by atoms with Crippen LogP contribution in [-0.4, -0.2) is 23.8 Å². The van der Waals surface area contributed by atoms with E-state index < -0.39 is 11.7 Å². The van der Waals surface area contributed by atoms with E-state index >= 15 is 0 Å². The molecule has 24 heavy (non-hydrogen) atoms. The van der Waals surface area contributed by atoms with Crippen molar-refractivity contribution in [3.8, 4) is 5.75 Å². The monoisotopic (exact) mass is 329 g/mol. The van der Waals surface area contributed by atoms with Gasteiger partial charge in [-0.15, -0.1) is 0 Å². The molecule has 0 bridgehead atoms. The summed E-state index contributed by atoms with van der Waals surface area (Å²) in [5.41, 5.74) is 1.96. The Bertz CT molecular complexity index is 706. The molecular weight excluding hydrogens is 306 g/mol. The van der Waals surface area contributed by atoms with Crippen molar-refractivity contribution in [1.29, 1.82) is 0 Å². The van der Waals surface area contributed by atoms with Crippen LogP contribution in [0.4, 0.5) is 22.0 Å². The first kappa shape index (κ1) is 17.6. The Hall–Kier alpha value is -2.76. The Morgan fingerprint density at radius 2 is 1.92 bits per heavy atom. The van der Waals surface area contributed by atoms with Gasteiger partial charge in [-0.1, -0.05) is 6.07 Å². The molecule has 1 aromatic carbocycles. The lowest BCUT2D eigenvalue weighted by Crippen LogP contribution is -2.27. The molecule has 0 fully saturated rings. The number of pyridine rings is 1. The molecule has 2 N–H and O–H groups in total. The minimum absolute atomic E-state index is 0.509. The van der Waals surface area contributed by atoms with Gasteiger partial charge in [0.1, 0.15) is 17.2 Å². The third kappa shape index (κ3) is 5.15. The van der Waals surface area contributed by atoms with Crippen LogP contribution in [0.1, 0.15) is 26.3 Å². The van der Waals surface area contributed by atoms with Crippen molar-refractivity contribution < 1.29 is 14.3 Å². The molecule has 0 aliphatic carbocycles. The molecular formula is C18H23N3O3. The molecule has 128 valence electrons. The summed E-state index contributed by atoms with van der Waals surface area (Å²) in [5.74, 6) is 1.38. The van der Waals surface area contributed by atoms with Crippen molar-refractivity contribution in [1.82, 2.24) is 4.98 Å². The van der Waals surface area contributed by atoms with Crippen molar-refractivity contribution in [2.24, 2.45) is 0 Å². The highest BCUT2D eigenvalue weighted by molar-refractivity contribution is 5.84. The first-order valence-corrected chi connectivity index (χ1v) is 7.64. The van der Waals surface area contributed by atoms with E-state index in [0.29, 0.717) is 11.5 Å². The van der Waals surface area contributed by atoms with E-state index in [1.54, 1.807) is 25.4 Å². The Morgan fingerprint density at radius 3 is 2.50 bits per heavy atom. The normalized spacial score (nSPS) is 10.9. The Kier molecular flexibility index (Phi) is 5.28. The number of rotatable bonds is 4. The van der Waals surface area contributed by atoms with E-state index in [-0.39, 0.29) is 0 Å². The van der Waals surface area contributed by atoms with Gasteiger partial charge in [-0.3, -0.25) is 5.32 Å². The predicted molar refractivity (Wildman–Crippen MR) is 95.1 cm³/mol. The summed E-state index contributed by atoms with van der Waals surface area (Å²) in [6.07, 6.45) is 1.06. The summed E-state index contributed by atoms with van der Waals surface area (Å²) >= 11 is 0. The van der Waals surface area contributed by atoms with Crippen LogP contribution < -0.4 is 15.4 Å². The van der Waals surface area contributed by atoms with Crippen molar-refractivity contribution in [3.63, 3.8) is 0 Å². The zero-order chi connectivity index (χ0) is 17.7. The quantitative estimate of drug-likeness (QED) is 0.864. The van der Waals surface area contributed by atoms with E-state index in [1.165, 1.54) is 0 Å². The van der Waals surface area contributed by atoms with Crippen LogP contribution in [0.3, 0.4) is 0 Å². The molecule has 1 amide bonds. The van der Waals surface area contributed by atoms with Crippen LogP contribution >= 0.6 is 0 Å². The van der Waals surface area contributed by atoms with Gasteiger partial charge in [-0.2, -0.15) is 0 Å². The number of benzene rings is 1. The van der Waals surface area contributed by atoms with Crippen molar-refractivity contribution in [3.05, 3.63) is 42.1 Å². The van der Waals surface area contributed by atoms with Crippen LogP contribution in [0.15, 0.2) is 36.5 Å². The molecule has 0 unspecified atom stereocenters. The van der Waals surface area contributed by atoms with Crippen molar-refractivity contribution in [2.45, 2.75) is 33.3 Å². The van der Waals surface area contributed by atoms with Gasteiger partial charge < -0.3 is 14.8 Å². The van der Waals surface area contributed by atoms with Gasteiger partial charge >= 0.3 is 6.09 Å². The van der Waals surface area contributed by atoms with Crippen LogP contribution in [-0.2, 0) is 4.74 Å². The zero-order valence-electron chi connectivity index (χ0n) is 14.6. The Morgan fingerprint density at radius 1 is 1.17 bits per heavy atom. The van der Waals surface area contributed by atoms with Gasteiger partial charge in [0.15, 0.2) is 0 Å². The van der Waals surface area contributed by atoms with Gasteiger partial charge in [-0.05, 0) is 57.5 Å². The highest BCUT2D eigenvalue weighted by Crippen LogP contribution is 2.28. The van der Waals surface area contributed by atoms with Crippen molar-refractivity contribution in [2.75, 3.05) is 17.7 Å². The van der Waals surface area contributed by atoms with Gasteiger partial charge in [0, 0.05) is 0 Å². The number of aryl methyl sites for hydroxylation is 1. The van der Waals surface area contributed by atoms with Gasteiger partial charge in [0.05, 0.1) is 24.7 Å². The largest absolute Gasteiger partial charge is 0.495 e. The Labute approximate surface area is 142 Å². The molecule has 1 heterocycles. The first-order chi connectivity index (χ1) is 11.3. The van der Waals surface area contributed by atoms with Crippen LogP contribution in [0.5, 0.6) is 5.75 Å². The average Bonchev–Trinajstić information content (AvgIpc) is 2.47. The number of amides is 1. The SMILES string of the molecule is COc1ccc(C)cc1Nc1ccc(NC(=O)OC(C)(C)C)cn1. The summed E-state index contributed by atoms with van der Waals surface area (Å²) in [5, 5.41) is 5.85. The fourth-order valence-electron chi connectivity index (χ4n) is 2.02. The summed E-state index contributed by atoms with van der Waals surface area (Å²) in [6, 6.07) is 9.38. The smallest absolute Gasteiger partial charge is 0.412 e. The lowest BCUT2D eigenvalue weighted by molar-refractivity contribution is 0.0636. The number of hydrogen-bond donors (Lipinski definition) is 2. The molecule has 2 aromatic rings. The summed E-state index contributed by atoms with van der Waals surface area (Å²) in [6.45, 7) is 7.44. The second-order valence-electron chi connectivity index (χ2n) is 6.39. The molecule has 6 nitrogen and oxygen atoms in total. The standard InChI is InChI=1S/C18H23N3O3/c1-12-6-8-15(23-5)14(10-12)21-16-9-7-13(11-19-16)20-17(22)24-18(2,3)4/h6-11H,1-5H3,(H,19,21)(H,20,22). The number of nitrogens with zero attached hydrogens (tertiary/aromatic N) is 1. The minimum atomic E-state index is -0.541. The highest BCUT2D eigenvalue weighted by atomic mass is 16.6. The van der Waals surface area contributed by atoms with E-state index in [0.717, 1.165) is 17.0 Å². The molecule has 1 aromatic heterocycles. The van der Waals surface area contributed by atoms with E-state index in [1.807, 2.05) is 45.9 Å². The average molecular weight is 329 g/mol. The van der Waals surface area contributed by atoms with Gasteiger partial charge in [0.2, 0.25) is 0 Å². The van der Waals surface area contributed by atoms with Crippen LogP contribution in [0, 0.1) is 6.92 Å². The molecule has 2 rings (SSSR count). The maximum Gasteiger partial charge on any atom is 0.412 e. The number of nitrogens with one attached hydrogen (secondary N) is 2. The number of carbonyl (C=O) groups excluding carboxylic acids is 1. The summed E-state index contributed by atoms with van der Waals surface area (Å²) in [4.78, 5) is 16.0. The number of aromatic nitrogens is 1. The fraction of sp³-hybridized carbons (Fsp3) is 0.333. The van der Waals surface area contributed by atoms with Crippen molar-refractivity contribution >= 4 is 23.3 Å². The molecule has 0 atom stereocenters. The van der Waals surface area contributed by atoms with E-state index in [9.17, 15) is 4.79 Å². The molecule has 0 aliphatic rings. The second kappa shape index (κ2) is 7.21. The lowest BCUT2D eigenvalue weighted by Gasteiger charge is -2.19. The second-order valence-corrected chi connectivity index (χ2v) is 6.39. The maximum absolute atomic E-state index is 11.7. The summed E-state index contributed by atoms with van der Waals surface area (Å²) < 4.78 is 10.5. The molecule has 0 spiro atoms. The Balaban J connectivity index is 2.05. The minimum Gasteiger partial charge on any atom is -0.495 e. The van der Waals surface area contributed by atoms with Crippen LogP contribution in [0.25, 0.3) is 0 Å². The lowest BCUT2D eigenvalue weighted by atomic mass is 10.2. The van der Waals surface area contributed by atoms with Gasteiger partial charge in [-0.25, -0.2) is 9.78 Å². The zero-order valence-corrected chi connectivity index (χ0v) is 14.6. The molecule has 0 radical (unpaired) electrons. The third-order valence-corrected chi connectivity index (χ3v) is 3.03. The van der Waals surface area contributed by atoms with E-state index in [4.69, 9.17) is 9.47 Å². The number of anilines is 3. The van der Waals surface area contributed by atoms with Gasteiger partial charge in [0.25, 0.3) is 0 Å². The highest BCUT2D eigenvalue weighted by Gasteiger charge is 2.16. The molecule has 0 saturated heterocycles. The van der Waals surface area contributed by atoms with E-state index in [2.05, 4.69) is 15.6 Å². The topological polar surface area (TPSA) is 72.5 Å². The number of carbonyl (C=O) groups is 1. The first-order valence-electron chi connectivity index (χ1n) is 7.64. The summed E-state index contributed by atoms with van der Waals surface area (Å²) in [7, 11) is 1.62. The predicted octanol–water partition coefficient (Wildman–Crippen LogP) is 4.49.